The van der Waals surface area contributed by atoms with Crippen LogP contribution in [0.3, 0.4) is 0 Å². The first-order valence-electron chi connectivity index (χ1n) is 8.53. The van der Waals surface area contributed by atoms with Crippen LogP contribution in [-0.2, 0) is 0 Å². The van der Waals surface area contributed by atoms with E-state index in [1.165, 1.54) is 14.9 Å². The highest BCUT2D eigenvalue weighted by molar-refractivity contribution is 14.1. The van der Waals surface area contributed by atoms with Crippen molar-refractivity contribution in [3.05, 3.63) is 93.4 Å². The number of anilines is 1. The number of para-hydroxylation sites is 1. The number of thiazole rings is 1. The highest BCUT2D eigenvalue weighted by Crippen LogP contribution is 2.26. The van der Waals surface area contributed by atoms with Gasteiger partial charge in [-0.15, -0.1) is 11.3 Å². The summed E-state index contributed by atoms with van der Waals surface area (Å²) in [7, 11) is 0. The van der Waals surface area contributed by atoms with Gasteiger partial charge in [-0.2, -0.15) is 0 Å². The van der Waals surface area contributed by atoms with Crippen molar-refractivity contribution in [3.8, 4) is 22.8 Å². The van der Waals surface area contributed by atoms with Crippen molar-refractivity contribution in [2.45, 2.75) is 0 Å². The normalized spacial score (nSPS) is 10.5. The number of halogens is 1. The smallest absolute Gasteiger partial charge is 0.257 e. The summed E-state index contributed by atoms with van der Waals surface area (Å²) in [6.45, 7) is 0. The molecule has 0 bridgehead atoms. The van der Waals surface area contributed by atoms with Gasteiger partial charge in [0.25, 0.3) is 5.91 Å². The van der Waals surface area contributed by atoms with Gasteiger partial charge in [-0.1, -0.05) is 30.3 Å². The quantitative estimate of drug-likeness (QED) is 0.322. The summed E-state index contributed by atoms with van der Waals surface area (Å²) in [5.41, 5.74) is 2.43. The molecule has 4 rings (SSSR count). The summed E-state index contributed by atoms with van der Waals surface area (Å²) in [6, 6.07) is 24.7. The topological polar surface area (TPSA) is 51.2 Å². The summed E-state index contributed by atoms with van der Waals surface area (Å²) in [5, 5.41) is 5.37. The molecule has 4 aromatic rings. The number of ether oxygens (including phenoxy) is 1. The average Bonchev–Trinajstić information content (AvgIpc) is 3.18. The highest BCUT2D eigenvalue weighted by Gasteiger charge is 2.10. The van der Waals surface area contributed by atoms with E-state index in [0.717, 1.165) is 17.0 Å². The van der Waals surface area contributed by atoms with Crippen molar-refractivity contribution >= 4 is 45.0 Å². The summed E-state index contributed by atoms with van der Waals surface area (Å²) in [5.74, 6) is 1.23. The average molecular weight is 498 g/mol. The lowest BCUT2D eigenvalue weighted by molar-refractivity contribution is 0.102. The van der Waals surface area contributed by atoms with E-state index in [0.29, 0.717) is 16.4 Å². The van der Waals surface area contributed by atoms with Gasteiger partial charge in [0.05, 0.1) is 5.69 Å². The third kappa shape index (κ3) is 4.58. The third-order valence-electron chi connectivity index (χ3n) is 3.96. The largest absolute Gasteiger partial charge is 0.457 e. The fraction of sp³-hybridized carbons (Fsp3) is 0. The van der Waals surface area contributed by atoms with Crippen molar-refractivity contribution in [3.63, 3.8) is 0 Å². The van der Waals surface area contributed by atoms with Gasteiger partial charge in [0.2, 0.25) is 0 Å². The molecule has 0 saturated heterocycles. The predicted molar refractivity (Wildman–Crippen MR) is 121 cm³/mol. The molecule has 4 nitrogen and oxygen atoms in total. The van der Waals surface area contributed by atoms with Crippen LogP contribution in [0.25, 0.3) is 11.3 Å². The molecule has 0 unspecified atom stereocenters. The summed E-state index contributed by atoms with van der Waals surface area (Å²) in [4.78, 5) is 17.0. The monoisotopic (exact) mass is 498 g/mol. The van der Waals surface area contributed by atoms with Crippen molar-refractivity contribution < 1.29 is 9.53 Å². The maximum atomic E-state index is 12.5. The Morgan fingerprint density at radius 3 is 2.29 bits per heavy atom. The van der Waals surface area contributed by atoms with E-state index >= 15 is 0 Å². The number of benzene rings is 3. The molecule has 0 radical (unpaired) electrons. The van der Waals surface area contributed by atoms with Crippen LogP contribution in [0.1, 0.15) is 10.4 Å². The molecule has 0 spiro atoms. The van der Waals surface area contributed by atoms with Crippen molar-refractivity contribution in [1.29, 1.82) is 0 Å². The minimum atomic E-state index is -0.199. The molecule has 0 aliphatic rings. The standard InChI is InChI=1S/C22H15IN2O2S/c23-17-10-6-15(7-11-17)20-14-28-22(24-20)25-21(26)16-8-12-19(13-9-16)27-18-4-2-1-3-5-18/h1-14H,(H,24,25,26). The number of nitrogens with zero attached hydrogens (tertiary/aromatic N) is 1. The zero-order chi connectivity index (χ0) is 19.3. The minimum Gasteiger partial charge on any atom is -0.457 e. The number of carbonyl (C=O) groups excluding carboxylic acids is 1. The molecule has 138 valence electrons. The second-order valence-electron chi connectivity index (χ2n) is 5.94. The SMILES string of the molecule is O=C(Nc1nc(-c2ccc(I)cc2)cs1)c1ccc(Oc2ccccc2)cc1. The van der Waals surface area contributed by atoms with Crippen LogP contribution in [0.2, 0.25) is 0 Å². The fourth-order valence-corrected chi connectivity index (χ4v) is 3.63. The Morgan fingerprint density at radius 1 is 0.893 bits per heavy atom. The van der Waals surface area contributed by atoms with Crippen molar-refractivity contribution in [2.24, 2.45) is 0 Å². The van der Waals surface area contributed by atoms with E-state index in [1.807, 2.05) is 60.0 Å². The maximum absolute atomic E-state index is 12.5. The molecule has 0 atom stereocenters. The zero-order valence-electron chi connectivity index (χ0n) is 14.6. The Labute approximate surface area is 180 Å². The van der Waals surface area contributed by atoms with E-state index in [1.54, 1.807) is 24.3 Å². The Kier molecular flexibility index (Phi) is 5.68. The van der Waals surface area contributed by atoms with Crippen molar-refractivity contribution in [1.82, 2.24) is 4.98 Å². The molecule has 1 heterocycles. The Morgan fingerprint density at radius 2 is 1.57 bits per heavy atom. The molecule has 6 heteroatoms. The summed E-state index contributed by atoms with van der Waals surface area (Å²) < 4.78 is 6.92. The number of hydrogen-bond donors (Lipinski definition) is 1. The van der Waals surface area contributed by atoms with Gasteiger partial charge in [0.15, 0.2) is 5.13 Å². The van der Waals surface area contributed by atoms with Gasteiger partial charge >= 0.3 is 0 Å². The number of nitrogens with one attached hydrogen (secondary N) is 1. The molecule has 0 saturated carbocycles. The van der Waals surface area contributed by atoms with Gasteiger partial charge in [-0.05, 0) is 71.1 Å². The van der Waals surface area contributed by atoms with Gasteiger partial charge in [0.1, 0.15) is 11.5 Å². The number of rotatable bonds is 5. The summed E-state index contributed by atoms with van der Waals surface area (Å²) >= 11 is 3.67. The first-order valence-corrected chi connectivity index (χ1v) is 10.5. The Hall–Kier alpha value is -2.71. The number of carbonyl (C=O) groups is 1. The zero-order valence-corrected chi connectivity index (χ0v) is 17.6. The van der Waals surface area contributed by atoms with Crippen LogP contribution < -0.4 is 10.1 Å². The van der Waals surface area contributed by atoms with Crippen LogP contribution in [0, 0.1) is 3.57 Å². The lowest BCUT2D eigenvalue weighted by Crippen LogP contribution is -2.11. The molecule has 1 amide bonds. The van der Waals surface area contributed by atoms with E-state index in [-0.39, 0.29) is 5.91 Å². The fourth-order valence-electron chi connectivity index (χ4n) is 2.55. The number of hydrogen-bond acceptors (Lipinski definition) is 4. The van der Waals surface area contributed by atoms with Gasteiger partial charge in [0, 0.05) is 20.1 Å². The first kappa shape index (κ1) is 18.6. The molecule has 0 fully saturated rings. The number of amides is 1. The van der Waals surface area contributed by atoms with Crippen LogP contribution in [0.4, 0.5) is 5.13 Å². The molecule has 28 heavy (non-hydrogen) atoms. The van der Waals surface area contributed by atoms with Crippen molar-refractivity contribution in [2.75, 3.05) is 5.32 Å². The second-order valence-corrected chi connectivity index (χ2v) is 8.04. The molecule has 0 aliphatic carbocycles. The molecule has 1 N–H and O–H groups in total. The molecule has 3 aromatic carbocycles. The molecular formula is C22H15IN2O2S. The van der Waals surface area contributed by atoms with E-state index in [4.69, 9.17) is 4.74 Å². The lowest BCUT2D eigenvalue weighted by Gasteiger charge is -2.06. The van der Waals surface area contributed by atoms with E-state index in [9.17, 15) is 4.79 Å². The van der Waals surface area contributed by atoms with Crippen LogP contribution in [-0.4, -0.2) is 10.9 Å². The van der Waals surface area contributed by atoms with E-state index in [2.05, 4.69) is 32.9 Å². The molecule has 1 aromatic heterocycles. The Bertz CT molecular complexity index is 1080. The van der Waals surface area contributed by atoms with Crippen LogP contribution in [0.5, 0.6) is 11.5 Å². The van der Waals surface area contributed by atoms with E-state index < -0.39 is 0 Å². The third-order valence-corrected chi connectivity index (χ3v) is 5.44. The lowest BCUT2D eigenvalue weighted by atomic mass is 10.2. The first-order chi connectivity index (χ1) is 13.7. The van der Waals surface area contributed by atoms with Gasteiger partial charge < -0.3 is 4.74 Å². The minimum absolute atomic E-state index is 0.199. The second kappa shape index (κ2) is 8.53. The van der Waals surface area contributed by atoms with Crippen LogP contribution in [0.15, 0.2) is 84.2 Å². The number of aromatic nitrogens is 1. The Balaban J connectivity index is 1.42. The van der Waals surface area contributed by atoms with Gasteiger partial charge in [-0.3, -0.25) is 10.1 Å². The summed E-state index contributed by atoms with van der Waals surface area (Å²) in [6.07, 6.45) is 0. The molecular weight excluding hydrogens is 483 g/mol. The predicted octanol–water partition coefficient (Wildman–Crippen LogP) is 6.46. The van der Waals surface area contributed by atoms with Crippen LogP contribution >= 0.6 is 33.9 Å². The highest BCUT2D eigenvalue weighted by atomic mass is 127. The van der Waals surface area contributed by atoms with Gasteiger partial charge in [-0.25, -0.2) is 4.98 Å². The molecule has 0 aliphatic heterocycles. The maximum Gasteiger partial charge on any atom is 0.257 e.